The Kier molecular flexibility index (Phi) is 9.82. The van der Waals surface area contributed by atoms with E-state index < -0.39 is 15.6 Å². The summed E-state index contributed by atoms with van der Waals surface area (Å²) < 4.78 is 24.0. The molecule has 0 amide bonds. The normalized spacial score (nSPS) is 11.6. The Morgan fingerprint density at radius 1 is 1.15 bits per heavy atom. The molecule has 0 unspecified atom stereocenters. The van der Waals surface area contributed by atoms with E-state index in [2.05, 4.69) is 4.31 Å². The van der Waals surface area contributed by atoms with Crippen LogP contribution in [0.2, 0.25) is 0 Å². The van der Waals surface area contributed by atoms with Gasteiger partial charge in [-0.3, -0.25) is 0 Å². The number of aliphatic hydroxyl groups is 1. The predicted octanol–water partition coefficient (Wildman–Crippen LogP) is -1.86. The van der Waals surface area contributed by atoms with E-state index in [0.29, 0.717) is 0 Å². The number of hydrogen-bond donors (Lipinski definition) is 5. The second-order valence-electron chi connectivity index (χ2n) is 1.53. The van der Waals surface area contributed by atoms with Crippen molar-refractivity contribution in [1.29, 1.82) is 0 Å². The van der Waals surface area contributed by atoms with Gasteiger partial charge in [0.2, 0.25) is 0 Å². The summed E-state index contributed by atoms with van der Waals surface area (Å²) in [5.74, 6) is 0. The fourth-order valence-electron chi connectivity index (χ4n) is 0.139. The van der Waals surface area contributed by atoms with Crippen LogP contribution < -0.4 is 0 Å². The molecule has 11 heteroatoms. The summed E-state index contributed by atoms with van der Waals surface area (Å²) in [6, 6.07) is 0. The third-order valence-electron chi connectivity index (χ3n) is 0.342. The van der Waals surface area contributed by atoms with Crippen LogP contribution in [-0.4, -0.2) is 68.6 Å². The Balaban J connectivity index is 0. The van der Waals surface area contributed by atoms with Gasteiger partial charge in [-0.15, -0.1) is 0 Å². The van der Waals surface area contributed by atoms with Gasteiger partial charge in [0.25, 0.3) is 0 Å². The predicted molar refractivity (Wildman–Crippen MR) is 44.1 cm³/mol. The van der Waals surface area contributed by atoms with Crippen LogP contribution >= 0.6 is 15.6 Å². The molecule has 0 bridgehead atoms. The maximum absolute atomic E-state index is 9.63. The molecular formula is C2H8CaO8P2. The van der Waals surface area contributed by atoms with Crippen molar-refractivity contribution < 1.29 is 38.1 Å². The molecule has 0 saturated heterocycles. The minimum atomic E-state index is -5.05. The van der Waals surface area contributed by atoms with Gasteiger partial charge in [0.15, 0.2) is 0 Å². The molecule has 76 valence electrons. The van der Waals surface area contributed by atoms with Crippen molar-refractivity contribution >= 4 is 53.0 Å². The second kappa shape index (κ2) is 7.62. The molecule has 0 radical (unpaired) electrons. The van der Waals surface area contributed by atoms with Crippen LogP contribution in [0.5, 0.6) is 0 Å². The molecule has 0 heterocycles. The number of hydrogen-bond acceptors (Lipinski definition) is 4. The van der Waals surface area contributed by atoms with E-state index in [-0.39, 0.29) is 6.61 Å². The molecule has 8 nitrogen and oxygen atoms in total. The molecule has 0 aromatic heterocycles. The summed E-state index contributed by atoms with van der Waals surface area (Å²) in [4.78, 5) is 31.0. The number of rotatable bonds is 3. The zero-order valence-corrected chi connectivity index (χ0v) is 10.3. The van der Waals surface area contributed by atoms with Crippen molar-refractivity contribution in [1.82, 2.24) is 0 Å². The molecule has 0 saturated carbocycles. The summed E-state index contributed by atoms with van der Waals surface area (Å²) in [6.07, 6.45) is 0. The van der Waals surface area contributed by atoms with Gasteiger partial charge in [-0.2, -0.15) is 4.31 Å². The quantitative estimate of drug-likeness (QED) is 0.294. The van der Waals surface area contributed by atoms with Crippen LogP contribution in [0.1, 0.15) is 0 Å². The molecule has 0 aliphatic carbocycles. The van der Waals surface area contributed by atoms with Crippen LogP contribution in [0, 0.1) is 0 Å². The van der Waals surface area contributed by atoms with E-state index in [1.165, 1.54) is 0 Å². The van der Waals surface area contributed by atoms with Crippen LogP contribution in [-0.2, 0) is 13.4 Å². The summed E-state index contributed by atoms with van der Waals surface area (Å²) >= 11 is 1.09. The van der Waals surface area contributed by atoms with Crippen LogP contribution in [0.15, 0.2) is 0 Å². The van der Waals surface area contributed by atoms with E-state index in [1.54, 1.807) is 2.08 Å². The van der Waals surface area contributed by atoms with Gasteiger partial charge in [-0.05, 0) is 0 Å². The van der Waals surface area contributed by atoms with Gasteiger partial charge in [0.05, 0.1) is 0 Å². The molecular weight excluding hydrogens is 254 g/mol. The standard InChI is InChI=1S/C2H4O.Ca.H4O7P2/c1-2-3;;1-8(2,3)7-9(4,5)6/h1,3H,2H2;;(H2,1,2,3)(H2,4,5,6). The van der Waals surface area contributed by atoms with Gasteiger partial charge in [-0.1, -0.05) is 0 Å². The van der Waals surface area contributed by atoms with E-state index in [9.17, 15) is 9.13 Å². The van der Waals surface area contributed by atoms with Gasteiger partial charge in [0.1, 0.15) is 0 Å². The van der Waals surface area contributed by atoms with Crippen LogP contribution in [0.4, 0.5) is 0 Å². The van der Waals surface area contributed by atoms with Crippen molar-refractivity contribution in [2.75, 3.05) is 6.61 Å². The monoisotopic (exact) mass is 262 g/mol. The van der Waals surface area contributed by atoms with Gasteiger partial charge in [-0.25, -0.2) is 9.13 Å². The van der Waals surface area contributed by atoms with Crippen LogP contribution in [0.3, 0.4) is 0 Å². The van der Waals surface area contributed by atoms with Gasteiger partial charge < -0.3 is 19.6 Å². The van der Waals surface area contributed by atoms with Gasteiger partial charge >= 0.3 is 64.7 Å². The Hall–Kier alpha value is 1.35. The topological polar surface area (TPSA) is 145 Å². The number of phosphoric acid groups is 2. The van der Waals surface area contributed by atoms with Crippen molar-refractivity contribution in [3.05, 3.63) is 0 Å². The molecule has 0 aliphatic heterocycles. The summed E-state index contributed by atoms with van der Waals surface area (Å²) in [5, 5.41) is 7.85. The summed E-state index contributed by atoms with van der Waals surface area (Å²) in [6.45, 7) is 0.250. The van der Waals surface area contributed by atoms with Crippen molar-refractivity contribution in [2.24, 2.45) is 0 Å². The molecule has 5 N–H and O–H groups in total. The second-order valence-corrected chi connectivity index (χ2v) is 5.05. The third kappa shape index (κ3) is 24.7. The molecule has 0 spiro atoms. The number of aliphatic hydroxyl groups excluding tert-OH is 1. The molecule has 0 rings (SSSR count). The maximum atomic E-state index is 9.63. The Morgan fingerprint density at radius 2 is 1.38 bits per heavy atom. The third-order valence-corrected chi connectivity index (χ3v) is 2.45. The van der Waals surface area contributed by atoms with Crippen molar-refractivity contribution in [3.63, 3.8) is 0 Å². The molecule has 0 aromatic rings. The first-order valence-corrected chi connectivity index (χ1v) is 7.00. The van der Waals surface area contributed by atoms with E-state index >= 15 is 0 Å². The first-order chi connectivity index (χ1) is 5.62. The summed E-state index contributed by atoms with van der Waals surface area (Å²) in [5.41, 5.74) is 0. The molecule has 0 aromatic carbocycles. The van der Waals surface area contributed by atoms with Crippen molar-refractivity contribution in [3.8, 4) is 0 Å². The average molecular weight is 262 g/mol. The Bertz CT molecular complexity index is 206. The first-order valence-electron chi connectivity index (χ1n) is 2.66. The fourth-order valence-corrected chi connectivity index (χ4v) is 1.25. The Morgan fingerprint density at radius 3 is 1.38 bits per heavy atom. The molecule has 13 heavy (non-hydrogen) atoms. The fraction of sp³-hybridized carbons (Fsp3) is 0.500. The minimum absolute atomic E-state index is 0.250. The molecule has 0 atom stereocenters. The van der Waals surface area contributed by atoms with Gasteiger partial charge in [0, 0.05) is 0 Å². The average Bonchev–Trinajstić information content (AvgIpc) is 1.80. The van der Waals surface area contributed by atoms with Crippen molar-refractivity contribution in [2.45, 2.75) is 0 Å². The van der Waals surface area contributed by atoms with E-state index in [4.69, 9.17) is 24.7 Å². The zero-order chi connectivity index (χ0) is 11.1. The van der Waals surface area contributed by atoms with E-state index in [0.717, 1.165) is 35.3 Å². The van der Waals surface area contributed by atoms with E-state index in [1.807, 2.05) is 0 Å². The zero-order valence-electron chi connectivity index (χ0n) is 6.35. The Labute approximate surface area is 97.1 Å². The SMILES string of the molecule is O=P(O)(O)OP(=O)(O)O.OC[CH]=[Ca]. The first kappa shape index (κ1) is 16.8. The summed E-state index contributed by atoms with van der Waals surface area (Å²) in [7, 11) is -10.1. The molecule has 0 aliphatic rings. The van der Waals surface area contributed by atoms with Crippen LogP contribution in [0.25, 0.3) is 0 Å². The molecule has 0 fully saturated rings.